The highest BCUT2D eigenvalue weighted by molar-refractivity contribution is 7.89. The minimum atomic E-state index is -3.57. The molecule has 1 rings (SSSR count). The number of benzene rings is 1. The minimum absolute atomic E-state index is 0.122. The fraction of sp³-hybridized carbons (Fsp3) is 0.222. The molecule has 82 valence electrons. The second-order valence-electron chi connectivity index (χ2n) is 2.91. The van der Waals surface area contributed by atoms with Crippen LogP contribution >= 0.6 is 11.6 Å². The molecule has 1 aromatic rings. The summed E-state index contributed by atoms with van der Waals surface area (Å²) < 4.78 is 24.5. The molecule has 0 aliphatic carbocycles. The molecule has 0 saturated heterocycles. The second-order valence-corrected chi connectivity index (χ2v) is 5.39. The quantitative estimate of drug-likeness (QED) is 0.751. The summed E-state index contributed by atoms with van der Waals surface area (Å²) in [6.45, 7) is -0.162. The summed E-state index contributed by atoms with van der Waals surface area (Å²) in [5.74, 6) is 0. The highest BCUT2D eigenvalue weighted by atomic mass is 35.5. The summed E-state index contributed by atoms with van der Waals surface area (Å²) in [5, 5.41) is 0.465. The van der Waals surface area contributed by atoms with Gasteiger partial charge in [-0.1, -0.05) is 11.6 Å². The average molecular weight is 248 g/mol. The molecular formula is C9H10ClNO3S. The van der Waals surface area contributed by atoms with Gasteiger partial charge < -0.3 is 4.79 Å². The van der Waals surface area contributed by atoms with Crippen LogP contribution in [0.25, 0.3) is 0 Å². The number of hydrogen-bond donors (Lipinski definition) is 0. The van der Waals surface area contributed by atoms with E-state index in [2.05, 4.69) is 0 Å². The molecule has 0 spiro atoms. The number of rotatable bonds is 4. The van der Waals surface area contributed by atoms with Crippen molar-refractivity contribution in [2.45, 2.75) is 4.90 Å². The van der Waals surface area contributed by atoms with Gasteiger partial charge in [0.15, 0.2) is 0 Å². The summed E-state index contributed by atoms with van der Waals surface area (Å²) in [6, 6.07) is 5.78. The number of halogens is 1. The molecule has 0 aliphatic heterocycles. The smallest absolute Gasteiger partial charge is 0.243 e. The van der Waals surface area contributed by atoms with Crippen LogP contribution in [0.1, 0.15) is 0 Å². The van der Waals surface area contributed by atoms with Crippen molar-refractivity contribution in [3.63, 3.8) is 0 Å². The van der Waals surface area contributed by atoms with E-state index in [4.69, 9.17) is 11.6 Å². The van der Waals surface area contributed by atoms with E-state index in [0.717, 1.165) is 4.31 Å². The van der Waals surface area contributed by atoms with Gasteiger partial charge in [-0.25, -0.2) is 8.42 Å². The van der Waals surface area contributed by atoms with E-state index in [1.807, 2.05) is 0 Å². The molecule has 0 heterocycles. The van der Waals surface area contributed by atoms with Crippen LogP contribution in [0.5, 0.6) is 0 Å². The van der Waals surface area contributed by atoms with Gasteiger partial charge in [-0.15, -0.1) is 0 Å². The zero-order valence-corrected chi connectivity index (χ0v) is 9.62. The van der Waals surface area contributed by atoms with Gasteiger partial charge in [-0.2, -0.15) is 4.31 Å². The zero-order valence-electron chi connectivity index (χ0n) is 8.05. The first kappa shape index (κ1) is 12.2. The molecule has 0 aliphatic rings. The second kappa shape index (κ2) is 4.74. The van der Waals surface area contributed by atoms with Crippen molar-refractivity contribution in [1.29, 1.82) is 0 Å². The van der Waals surface area contributed by atoms with Gasteiger partial charge in [0.2, 0.25) is 10.0 Å². The van der Waals surface area contributed by atoms with Crippen molar-refractivity contribution in [3.8, 4) is 0 Å². The molecule has 6 heteroatoms. The third kappa shape index (κ3) is 2.77. The SMILES string of the molecule is CN(CC=O)S(=O)(=O)c1ccc(Cl)cc1. The Bertz CT molecular complexity index is 441. The molecule has 0 fully saturated rings. The van der Waals surface area contributed by atoms with Gasteiger partial charge in [-0.05, 0) is 24.3 Å². The molecule has 0 N–H and O–H groups in total. The van der Waals surface area contributed by atoms with E-state index in [1.165, 1.54) is 31.3 Å². The summed E-state index contributed by atoms with van der Waals surface area (Å²) in [5.41, 5.74) is 0. The number of nitrogens with zero attached hydrogens (tertiary/aromatic N) is 1. The molecule has 0 radical (unpaired) electrons. The number of likely N-dealkylation sites (N-methyl/N-ethyl adjacent to an activating group) is 1. The fourth-order valence-corrected chi connectivity index (χ4v) is 2.21. The van der Waals surface area contributed by atoms with Crippen LogP contribution < -0.4 is 0 Å². The molecule has 15 heavy (non-hydrogen) atoms. The first-order valence-electron chi connectivity index (χ1n) is 4.14. The Morgan fingerprint density at radius 2 is 1.87 bits per heavy atom. The third-order valence-electron chi connectivity index (χ3n) is 1.85. The van der Waals surface area contributed by atoms with Crippen LogP contribution in [0.2, 0.25) is 5.02 Å². The van der Waals surface area contributed by atoms with Crippen LogP contribution in [0, 0.1) is 0 Å². The summed E-state index contributed by atoms with van der Waals surface area (Å²) in [6.07, 6.45) is 0.535. The van der Waals surface area contributed by atoms with E-state index >= 15 is 0 Å². The maximum absolute atomic E-state index is 11.8. The van der Waals surface area contributed by atoms with Crippen LogP contribution in [-0.2, 0) is 14.8 Å². The van der Waals surface area contributed by atoms with Gasteiger partial charge in [0.05, 0.1) is 11.4 Å². The molecule has 4 nitrogen and oxygen atoms in total. The lowest BCUT2D eigenvalue weighted by molar-refractivity contribution is -0.107. The van der Waals surface area contributed by atoms with Crippen molar-refractivity contribution in [2.75, 3.05) is 13.6 Å². The molecule has 0 saturated carbocycles. The summed E-state index contributed by atoms with van der Waals surface area (Å²) in [7, 11) is -2.23. The molecule has 0 amide bonds. The largest absolute Gasteiger partial charge is 0.302 e. The third-order valence-corrected chi connectivity index (χ3v) is 3.94. The number of hydrogen-bond acceptors (Lipinski definition) is 3. The highest BCUT2D eigenvalue weighted by Crippen LogP contribution is 2.16. The lowest BCUT2D eigenvalue weighted by Gasteiger charge is -2.13. The van der Waals surface area contributed by atoms with Crippen LogP contribution in [0.3, 0.4) is 0 Å². The van der Waals surface area contributed by atoms with Gasteiger partial charge in [0, 0.05) is 12.1 Å². The van der Waals surface area contributed by atoms with E-state index in [9.17, 15) is 13.2 Å². The van der Waals surface area contributed by atoms with Gasteiger partial charge >= 0.3 is 0 Å². The van der Waals surface area contributed by atoms with E-state index in [1.54, 1.807) is 0 Å². The van der Waals surface area contributed by atoms with Crippen LogP contribution in [0.4, 0.5) is 0 Å². The fourth-order valence-electron chi connectivity index (χ4n) is 0.990. The number of carbonyl (C=O) groups is 1. The molecule has 1 aromatic carbocycles. The summed E-state index contributed by atoms with van der Waals surface area (Å²) in [4.78, 5) is 10.3. The highest BCUT2D eigenvalue weighted by Gasteiger charge is 2.19. The topological polar surface area (TPSA) is 54.5 Å². The van der Waals surface area contributed by atoms with E-state index in [-0.39, 0.29) is 11.4 Å². The lowest BCUT2D eigenvalue weighted by Crippen LogP contribution is -2.28. The summed E-state index contributed by atoms with van der Waals surface area (Å²) >= 11 is 5.64. The Labute approximate surface area is 93.5 Å². The number of aldehydes is 1. The van der Waals surface area contributed by atoms with Crippen molar-refractivity contribution in [2.24, 2.45) is 0 Å². The molecule has 0 unspecified atom stereocenters. The van der Waals surface area contributed by atoms with Crippen LogP contribution in [0.15, 0.2) is 29.2 Å². The van der Waals surface area contributed by atoms with Crippen molar-refractivity contribution in [1.82, 2.24) is 4.31 Å². The Morgan fingerprint density at radius 1 is 1.33 bits per heavy atom. The zero-order chi connectivity index (χ0) is 11.5. The number of sulfonamides is 1. The Balaban J connectivity index is 3.06. The predicted molar refractivity (Wildman–Crippen MR) is 57.3 cm³/mol. The van der Waals surface area contributed by atoms with E-state index in [0.29, 0.717) is 11.3 Å². The number of carbonyl (C=O) groups excluding carboxylic acids is 1. The maximum Gasteiger partial charge on any atom is 0.243 e. The molecule has 0 bridgehead atoms. The standard InChI is InChI=1S/C9H10ClNO3S/c1-11(6-7-12)15(13,14)9-4-2-8(10)3-5-9/h2-5,7H,6H2,1H3. The van der Waals surface area contributed by atoms with E-state index < -0.39 is 10.0 Å². The van der Waals surface area contributed by atoms with Crippen LogP contribution in [-0.4, -0.2) is 32.6 Å². The Morgan fingerprint density at radius 3 is 2.33 bits per heavy atom. The average Bonchev–Trinajstić information content (AvgIpc) is 2.18. The normalized spacial score (nSPS) is 11.7. The minimum Gasteiger partial charge on any atom is -0.302 e. The molecule has 0 atom stereocenters. The lowest BCUT2D eigenvalue weighted by atomic mass is 10.4. The van der Waals surface area contributed by atoms with Gasteiger partial charge in [-0.3, -0.25) is 0 Å². The molecular weight excluding hydrogens is 238 g/mol. The predicted octanol–water partition coefficient (Wildman–Crippen LogP) is 1.16. The van der Waals surface area contributed by atoms with Gasteiger partial charge in [0.1, 0.15) is 6.29 Å². The monoisotopic (exact) mass is 247 g/mol. The van der Waals surface area contributed by atoms with Crippen molar-refractivity contribution < 1.29 is 13.2 Å². The van der Waals surface area contributed by atoms with Crippen molar-refractivity contribution >= 4 is 27.9 Å². The Kier molecular flexibility index (Phi) is 3.84. The Hall–Kier alpha value is -0.910. The maximum atomic E-state index is 11.8. The van der Waals surface area contributed by atoms with Crippen molar-refractivity contribution in [3.05, 3.63) is 29.3 Å². The molecule has 0 aromatic heterocycles. The first-order valence-corrected chi connectivity index (χ1v) is 5.96. The van der Waals surface area contributed by atoms with Gasteiger partial charge in [0.25, 0.3) is 0 Å². The first-order chi connectivity index (χ1) is 6.98.